The molecule has 0 unspecified atom stereocenters. The van der Waals surface area contributed by atoms with Gasteiger partial charge in [0.15, 0.2) is 0 Å². The Hall–Kier alpha value is -3.14. The maximum Gasteiger partial charge on any atom is 0.0967 e. The number of imidazole rings is 2. The normalized spacial score (nSPS) is 13.7. The van der Waals surface area contributed by atoms with Crippen LogP contribution in [0.5, 0.6) is 0 Å². The van der Waals surface area contributed by atoms with Gasteiger partial charge in [0.2, 0.25) is 0 Å². The average molecular weight is 395 g/mol. The quantitative estimate of drug-likeness (QED) is 0.274. The number of nitrogens with one attached hydrogen (secondary N) is 2. The van der Waals surface area contributed by atoms with Gasteiger partial charge in [-0.1, -0.05) is 41.5 Å². The third-order valence-corrected chi connectivity index (χ3v) is 6.59. The van der Waals surface area contributed by atoms with Crippen LogP contribution in [0.3, 0.4) is 0 Å². The molecule has 0 saturated heterocycles. The van der Waals surface area contributed by atoms with E-state index in [0.29, 0.717) is 0 Å². The summed E-state index contributed by atoms with van der Waals surface area (Å²) in [6.45, 7) is 13.6. The van der Waals surface area contributed by atoms with E-state index in [1.165, 1.54) is 43.4 Å². The van der Waals surface area contributed by atoms with Crippen LogP contribution in [-0.2, 0) is 10.8 Å². The second-order valence-electron chi connectivity index (χ2n) is 10.6. The fraction of sp³-hybridized carbons (Fsp3) is 0.308. The SMILES string of the molecule is CC(C)(C)c1cc2c3nc[nH]c3c3cc(C(C)(C)C)cc4c5[nH]cnc5c(c1)c2c34. The summed E-state index contributed by atoms with van der Waals surface area (Å²) in [5, 5.41) is 7.46. The number of hydrogen-bond donors (Lipinski definition) is 2. The van der Waals surface area contributed by atoms with E-state index in [1.807, 2.05) is 12.7 Å². The van der Waals surface area contributed by atoms with Crippen LogP contribution < -0.4 is 0 Å². The van der Waals surface area contributed by atoms with E-state index < -0.39 is 0 Å². The summed E-state index contributed by atoms with van der Waals surface area (Å²) in [7, 11) is 0. The van der Waals surface area contributed by atoms with E-state index in [9.17, 15) is 0 Å². The van der Waals surface area contributed by atoms with E-state index in [1.54, 1.807) is 0 Å². The fourth-order valence-corrected chi connectivity index (χ4v) is 4.86. The molecule has 6 rings (SSSR count). The van der Waals surface area contributed by atoms with Crippen LogP contribution in [-0.4, -0.2) is 19.9 Å². The molecule has 150 valence electrons. The molecular weight excluding hydrogens is 368 g/mol. The van der Waals surface area contributed by atoms with Crippen LogP contribution in [0.15, 0.2) is 36.9 Å². The Kier molecular flexibility index (Phi) is 3.13. The minimum Gasteiger partial charge on any atom is -0.344 e. The molecular formula is C26H26N4. The van der Waals surface area contributed by atoms with Crippen molar-refractivity contribution in [1.82, 2.24) is 19.9 Å². The van der Waals surface area contributed by atoms with Gasteiger partial charge in [-0.25, -0.2) is 9.97 Å². The molecule has 4 heteroatoms. The Morgan fingerprint density at radius 1 is 0.567 bits per heavy atom. The number of fused-ring (bicyclic) bond motifs is 6. The number of aromatic nitrogens is 4. The minimum atomic E-state index is 0.0368. The van der Waals surface area contributed by atoms with Crippen molar-refractivity contribution in [3.05, 3.63) is 48.0 Å². The molecule has 0 spiro atoms. The van der Waals surface area contributed by atoms with Gasteiger partial charge in [0.25, 0.3) is 0 Å². The van der Waals surface area contributed by atoms with E-state index >= 15 is 0 Å². The van der Waals surface area contributed by atoms with Crippen LogP contribution >= 0.6 is 0 Å². The van der Waals surface area contributed by atoms with Crippen LogP contribution in [0.25, 0.3) is 54.4 Å². The zero-order valence-corrected chi connectivity index (χ0v) is 18.4. The first-order valence-electron chi connectivity index (χ1n) is 10.6. The first-order valence-corrected chi connectivity index (χ1v) is 10.6. The van der Waals surface area contributed by atoms with Crippen LogP contribution in [0, 0.1) is 0 Å². The molecule has 0 aliphatic carbocycles. The van der Waals surface area contributed by atoms with Gasteiger partial charge in [-0.05, 0) is 46.2 Å². The second-order valence-corrected chi connectivity index (χ2v) is 10.6. The molecule has 4 nitrogen and oxygen atoms in total. The van der Waals surface area contributed by atoms with Gasteiger partial charge in [0, 0.05) is 32.3 Å². The van der Waals surface area contributed by atoms with Crippen LogP contribution in [0.4, 0.5) is 0 Å². The predicted octanol–water partition coefficient (Wildman–Crippen LogP) is 6.93. The van der Waals surface area contributed by atoms with Gasteiger partial charge in [-0.2, -0.15) is 0 Å². The van der Waals surface area contributed by atoms with Gasteiger partial charge >= 0.3 is 0 Å². The van der Waals surface area contributed by atoms with Crippen molar-refractivity contribution in [1.29, 1.82) is 0 Å². The molecule has 4 aromatic carbocycles. The fourth-order valence-electron chi connectivity index (χ4n) is 4.86. The molecule has 0 radical (unpaired) electrons. The lowest BCUT2D eigenvalue weighted by Crippen LogP contribution is -2.12. The Morgan fingerprint density at radius 3 is 1.33 bits per heavy atom. The standard InChI is InChI=1S/C26H26N4/c1-25(2,3)13-7-15-19-16(8-13)22-24(30-12-28-22)18-10-14(26(4,5)6)9-17(20(18)19)23-21(15)27-11-29-23/h7-12H,1-6H3,(H,27,29)(H,28,30). The topological polar surface area (TPSA) is 57.4 Å². The maximum atomic E-state index is 4.77. The van der Waals surface area contributed by atoms with Crippen molar-refractivity contribution >= 4 is 54.4 Å². The molecule has 0 saturated carbocycles. The van der Waals surface area contributed by atoms with E-state index in [-0.39, 0.29) is 10.8 Å². The van der Waals surface area contributed by atoms with Gasteiger partial charge in [-0.3, -0.25) is 0 Å². The van der Waals surface area contributed by atoms with Gasteiger partial charge in [0.1, 0.15) is 0 Å². The largest absolute Gasteiger partial charge is 0.344 e. The summed E-state index contributed by atoms with van der Waals surface area (Å²) >= 11 is 0. The summed E-state index contributed by atoms with van der Waals surface area (Å²) in [6, 6.07) is 9.37. The zero-order valence-electron chi connectivity index (χ0n) is 18.4. The van der Waals surface area contributed by atoms with Gasteiger partial charge in [0.05, 0.1) is 34.7 Å². The van der Waals surface area contributed by atoms with Gasteiger partial charge < -0.3 is 9.97 Å². The first-order chi connectivity index (χ1) is 14.1. The number of aromatic amines is 2. The minimum absolute atomic E-state index is 0.0368. The third kappa shape index (κ3) is 2.16. The predicted molar refractivity (Wildman–Crippen MR) is 127 cm³/mol. The van der Waals surface area contributed by atoms with Crippen LogP contribution in [0.2, 0.25) is 0 Å². The lowest BCUT2D eigenvalue weighted by molar-refractivity contribution is 0.591. The number of nitrogens with zero attached hydrogens (tertiary/aromatic N) is 2. The highest BCUT2D eigenvalue weighted by Gasteiger charge is 2.25. The molecule has 6 aromatic rings. The lowest BCUT2D eigenvalue weighted by atomic mass is 9.80. The summed E-state index contributed by atoms with van der Waals surface area (Å²) in [5.74, 6) is 0. The summed E-state index contributed by atoms with van der Waals surface area (Å²) in [6.07, 6.45) is 3.65. The molecule has 0 aliphatic heterocycles. The molecule has 0 atom stereocenters. The average Bonchev–Trinajstić information content (AvgIpc) is 3.35. The Bertz CT molecular complexity index is 1380. The molecule has 0 fully saturated rings. The van der Waals surface area contributed by atoms with Crippen molar-refractivity contribution < 1.29 is 0 Å². The van der Waals surface area contributed by atoms with E-state index in [4.69, 9.17) is 9.97 Å². The molecule has 2 aromatic heterocycles. The van der Waals surface area contributed by atoms with Crippen molar-refractivity contribution in [2.75, 3.05) is 0 Å². The highest BCUT2D eigenvalue weighted by molar-refractivity contribution is 6.38. The van der Waals surface area contributed by atoms with Crippen molar-refractivity contribution in [3.8, 4) is 0 Å². The number of H-pyrrole nitrogens is 2. The number of benzene rings is 4. The monoisotopic (exact) mass is 394 g/mol. The smallest absolute Gasteiger partial charge is 0.0967 e. The Morgan fingerprint density at radius 2 is 0.933 bits per heavy atom. The third-order valence-electron chi connectivity index (χ3n) is 6.59. The Balaban J connectivity index is 2.00. The highest BCUT2D eigenvalue weighted by Crippen LogP contribution is 2.46. The molecule has 0 amide bonds. The first kappa shape index (κ1) is 17.7. The second kappa shape index (κ2) is 5.31. The van der Waals surface area contributed by atoms with E-state index in [0.717, 1.165) is 22.1 Å². The molecule has 2 N–H and O–H groups in total. The van der Waals surface area contributed by atoms with Crippen LogP contribution in [0.1, 0.15) is 52.7 Å². The maximum absolute atomic E-state index is 4.77. The molecule has 0 bridgehead atoms. The summed E-state index contributed by atoms with van der Waals surface area (Å²) in [4.78, 5) is 16.4. The Labute approximate surface area is 175 Å². The highest BCUT2D eigenvalue weighted by atomic mass is 14.9. The van der Waals surface area contributed by atoms with Gasteiger partial charge in [-0.15, -0.1) is 0 Å². The molecule has 30 heavy (non-hydrogen) atoms. The number of hydrogen-bond acceptors (Lipinski definition) is 2. The number of rotatable bonds is 0. The lowest BCUT2D eigenvalue weighted by Gasteiger charge is -2.24. The van der Waals surface area contributed by atoms with Crippen molar-refractivity contribution in [3.63, 3.8) is 0 Å². The molecule has 0 aliphatic rings. The van der Waals surface area contributed by atoms with Crippen molar-refractivity contribution in [2.45, 2.75) is 52.4 Å². The molecule has 2 heterocycles. The summed E-state index contributed by atoms with van der Waals surface area (Å²) < 4.78 is 0. The summed E-state index contributed by atoms with van der Waals surface area (Å²) in [5.41, 5.74) is 7.02. The van der Waals surface area contributed by atoms with Crippen molar-refractivity contribution in [2.24, 2.45) is 0 Å². The zero-order chi connectivity index (χ0) is 21.0. The van der Waals surface area contributed by atoms with E-state index in [2.05, 4.69) is 75.8 Å².